The number of nitrogens with zero attached hydrogens (tertiary/aromatic N) is 2. The van der Waals surface area contributed by atoms with E-state index in [1.54, 1.807) is 12.1 Å². The minimum atomic E-state index is -2.91. The number of alkyl halides is 2. The number of hydrogen-bond donors (Lipinski definition) is 0. The fourth-order valence-corrected chi connectivity index (χ4v) is 3.41. The van der Waals surface area contributed by atoms with Gasteiger partial charge in [-0.1, -0.05) is 24.3 Å². The Bertz CT molecular complexity index is 844. The molecular weight excluding hydrogens is 366 g/mol. The molecule has 1 aliphatic heterocycles. The van der Waals surface area contributed by atoms with Crippen LogP contribution in [0, 0.1) is 0 Å². The molecule has 5 nitrogen and oxygen atoms in total. The lowest BCUT2D eigenvalue weighted by atomic mass is 10.1. The van der Waals surface area contributed by atoms with Crippen molar-refractivity contribution < 1.29 is 23.0 Å². The second-order valence-electron chi connectivity index (χ2n) is 6.82. The average molecular weight is 390 g/mol. The van der Waals surface area contributed by atoms with Crippen LogP contribution in [-0.2, 0) is 17.8 Å². The minimum absolute atomic E-state index is 0.0123. The van der Waals surface area contributed by atoms with Crippen LogP contribution in [0.3, 0.4) is 0 Å². The van der Waals surface area contributed by atoms with Crippen molar-refractivity contribution in [2.24, 2.45) is 0 Å². The van der Waals surface area contributed by atoms with Gasteiger partial charge in [-0.25, -0.2) is 0 Å². The van der Waals surface area contributed by atoms with Crippen LogP contribution in [0.2, 0.25) is 0 Å². The Morgan fingerprint density at radius 3 is 2.68 bits per heavy atom. The fourth-order valence-electron chi connectivity index (χ4n) is 3.41. The number of methoxy groups -OCH3 is 1. The summed E-state index contributed by atoms with van der Waals surface area (Å²) in [5.41, 5.74) is 3.00. The maximum absolute atomic E-state index is 13.0. The Hall–Kier alpha value is -2.67. The third-order valence-electron chi connectivity index (χ3n) is 5.05. The topological polar surface area (TPSA) is 42.0 Å². The number of fused-ring (bicyclic) bond motifs is 1. The molecule has 28 heavy (non-hydrogen) atoms. The number of carbonyl (C=O) groups is 1. The summed E-state index contributed by atoms with van der Waals surface area (Å²) in [4.78, 5) is 16.7. The van der Waals surface area contributed by atoms with Crippen LogP contribution in [0.4, 0.5) is 14.5 Å². The zero-order valence-corrected chi connectivity index (χ0v) is 16.2. The molecule has 1 aliphatic rings. The quantitative estimate of drug-likeness (QED) is 0.723. The second kappa shape index (κ2) is 8.56. The highest BCUT2D eigenvalue weighted by Crippen LogP contribution is 2.31. The third-order valence-corrected chi connectivity index (χ3v) is 5.05. The van der Waals surface area contributed by atoms with Gasteiger partial charge in [-0.15, -0.1) is 0 Å². The number of hydrogen-bond acceptors (Lipinski definition) is 4. The first-order valence-corrected chi connectivity index (χ1v) is 9.12. The summed E-state index contributed by atoms with van der Waals surface area (Å²) >= 11 is 0. The number of halogens is 2. The fraction of sp³-hybridized carbons (Fsp3) is 0.381. The molecule has 0 unspecified atom stereocenters. The van der Waals surface area contributed by atoms with Crippen LogP contribution in [0.25, 0.3) is 0 Å². The van der Waals surface area contributed by atoms with E-state index in [1.165, 1.54) is 18.7 Å². The van der Waals surface area contributed by atoms with Crippen molar-refractivity contribution in [2.75, 3.05) is 25.6 Å². The highest BCUT2D eigenvalue weighted by atomic mass is 19.3. The lowest BCUT2D eigenvalue weighted by Gasteiger charge is -2.28. The highest BCUT2D eigenvalue weighted by Gasteiger charge is 2.29. The van der Waals surface area contributed by atoms with Crippen LogP contribution in [-0.4, -0.2) is 44.2 Å². The van der Waals surface area contributed by atoms with Gasteiger partial charge in [-0.2, -0.15) is 8.78 Å². The number of carbonyl (C=O) groups excluding carboxylic acids is 1. The monoisotopic (exact) mass is 390 g/mol. The lowest BCUT2D eigenvalue weighted by molar-refractivity contribution is -0.122. The summed E-state index contributed by atoms with van der Waals surface area (Å²) in [5, 5.41) is 0. The smallest absolute Gasteiger partial charge is 0.387 e. The van der Waals surface area contributed by atoms with Gasteiger partial charge in [0.25, 0.3) is 0 Å². The van der Waals surface area contributed by atoms with E-state index in [0.29, 0.717) is 13.1 Å². The first kappa shape index (κ1) is 20.1. The molecule has 1 heterocycles. The molecule has 1 atom stereocenters. The Morgan fingerprint density at radius 2 is 1.96 bits per heavy atom. The molecule has 0 saturated carbocycles. The van der Waals surface area contributed by atoms with Gasteiger partial charge in [0.2, 0.25) is 5.91 Å². The maximum atomic E-state index is 13.0. The molecular formula is C21H24F2N2O3. The Kier molecular flexibility index (Phi) is 6.14. The molecule has 0 bridgehead atoms. The van der Waals surface area contributed by atoms with E-state index in [0.717, 1.165) is 17.7 Å². The predicted molar refractivity (Wildman–Crippen MR) is 103 cm³/mol. The molecule has 2 aromatic rings. The normalized spacial score (nSPS) is 14.3. The summed E-state index contributed by atoms with van der Waals surface area (Å²) in [6, 6.07) is 12.4. The Labute approximate surface area is 163 Å². The number of amides is 1. The van der Waals surface area contributed by atoms with E-state index in [-0.39, 0.29) is 23.4 Å². The first-order valence-electron chi connectivity index (χ1n) is 9.12. The largest absolute Gasteiger partial charge is 0.493 e. The number of ether oxygens (including phenoxy) is 2. The summed E-state index contributed by atoms with van der Waals surface area (Å²) in [5.74, 6) is 0.262. The SMILES string of the molecule is COc1cc(CN(C)[C@H](C)C(=O)N2CCc3ccccc32)ccc1OC(F)F. The minimum Gasteiger partial charge on any atom is -0.493 e. The lowest BCUT2D eigenvalue weighted by Crippen LogP contribution is -2.45. The summed E-state index contributed by atoms with van der Waals surface area (Å²) in [6.45, 7) is 0.107. The molecule has 0 spiro atoms. The van der Waals surface area contributed by atoms with E-state index >= 15 is 0 Å². The van der Waals surface area contributed by atoms with Gasteiger partial charge < -0.3 is 14.4 Å². The van der Waals surface area contributed by atoms with Crippen molar-refractivity contribution >= 4 is 11.6 Å². The van der Waals surface area contributed by atoms with Crippen molar-refractivity contribution in [1.29, 1.82) is 0 Å². The summed E-state index contributed by atoms with van der Waals surface area (Å²) in [6.07, 6.45) is 0.862. The molecule has 0 radical (unpaired) electrons. The number of benzene rings is 2. The van der Waals surface area contributed by atoms with Crippen LogP contribution < -0.4 is 14.4 Å². The van der Waals surface area contributed by atoms with Gasteiger partial charge in [-0.05, 0) is 49.7 Å². The van der Waals surface area contributed by atoms with E-state index in [9.17, 15) is 13.6 Å². The van der Waals surface area contributed by atoms with Gasteiger partial charge in [-0.3, -0.25) is 9.69 Å². The molecule has 0 N–H and O–H groups in total. The van der Waals surface area contributed by atoms with E-state index in [1.807, 2.05) is 48.0 Å². The number of rotatable bonds is 7. The maximum Gasteiger partial charge on any atom is 0.387 e. The first-order chi connectivity index (χ1) is 13.4. The molecule has 0 fully saturated rings. The van der Waals surface area contributed by atoms with Crippen molar-refractivity contribution in [1.82, 2.24) is 4.90 Å². The predicted octanol–water partition coefficient (Wildman–Crippen LogP) is 3.71. The number of likely N-dealkylation sites (N-methyl/N-ethyl adjacent to an activating group) is 1. The molecule has 0 saturated heterocycles. The van der Waals surface area contributed by atoms with Gasteiger partial charge in [0.05, 0.1) is 13.2 Å². The molecule has 150 valence electrons. The summed E-state index contributed by atoms with van der Waals surface area (Å²) < 4.78 is 34.5. The Morgan fingerprint density at radius 1 is 1.21 bits per heavy atom. The van der Waals surface area contributed by atoms with Crippen molar-refractivity contribution in [3.63, 3.8) is 0 Å². The molecule has 0 aromatic heterocycles. The molecule has 1 amide bonds. The van der Waals surface area contributed by atoms with Crippen molar-refractivity contribution in [2.45, 2.75) is 32.5 Å². The number of anilines is 1. The zero-order chi connectivity index (χ0) is 20.3. The van der Waals surface area contributed by atoms with Gasteiger partial charge >= 0.3 is 6.61 Å². The van der Waals surface area contributed by atoms with Crippen LogP contribution in [0.5, 0.6) is 11.5 Å². The third kappa shape index (κ3) is 4.25. The van der Waals surface area contributed by atoms with E-state index in [4.69, 9.17) is 4.74 Å². The van der Waals surface area contributed by atoms with Gasteiger partial charge in [0, 0.05) is 18.8 Å². The molecule has 2 aromatic carbocycles. The molecule has 0 aliphatic carbocycles. The van der Waals surface area contributed by atoms with Gasteiger partial charge in [0.15, 0.2) is 11.5 Å². The van der Waals surface area contributed by atoms with Crippen molar-refractivity contribution in [3.05, 3.63) is 53.6 Å². The standard InChI is InChI=1S/C21H24F2N2O3/c1-14(20(26)25-11-10-16-6-4-5-7-17(16)25)24(2)13-15-8-9-18(28-21(22)23)19(12-15)27-3/h4-9,12,14,21H,10-11,13H2,1-3H3/t14-/m1/s1. The van der Waals surface area contributed by atoms with Crippen LogP contribution in [0.15, 0.2) is 42.5 Å². The molecule has 3 rings (SSSR count). The van der Waals surface area contributed by atoms with Crippen molar-refractivity contribution in [3.8, 4) is 11.5 Å². The van der Waals surface area contributed by atoms with Gasteiger partial charge in [0.1, 0.15) is 0 Å². The van der Waals surface area contributed by atoms with Crippen LogP contribution >= 0.6 is 0 Å². The second-order valence-corrected chi connectivity index (χ2v) is 6.82. The van der Waals surface area contributed by atoms with Crippen LogP contribution in [0.1, 0.15) is 18.1 Å². The average Bonchev–Trinajstić information content (AvgIpc) is 3.11. The Balaban J connectivity index is 1.69. The summed E-state index contributed by atoms with van der Waals surface area (Å²) in [7, 11) is 3.26. The molecule has 7 heteroatoms. The number of para-hydroxylation sites is 1. The van der Waals surface area contributed by atoms with E-state index in [2.05, 4.69) is 4.74 Å². The van der Waals surface area contributed by atoms with E-state index < -0.39 is 6.61 Å². The zero-order valence-electron chi connectivity index (χ0n) is 16.2. The highest BCUT2D eigenvalue weighted by molar-refractivity contribution is 5.98.